The van der Waals surface area contributed by atoms with Crippen LogP contribution in [0, 0.1) is 5.92 Å². The van der Waals surface area contributed by atoms with Crippen LogP contribution in [0.1, 0.15) is 26.3 Å². The fourth-order valence-electron chi connectivity index (χ4n) is 1.46. The van der Waals surface area contributed by atoms with Crippen molar-refractivity contribution < 1.29 is 0 Å². The molecule has 0 amide bonds. The molecule has 1 atom stereocenters. The molecule has 1 aromatic rings. The molecular weight excluding hydrogens is 238 g/mol. The third kappa shape index (κ3) is 2.37. The Morgan fingerprint density at radius 1 is 1.29 bits per heavy atom. The average molecular weight is 256 g/mol. The summed E-state index contributed by atoms with van der Waals surface area (Å²) in [4.78, 5) is 0. The maximum atomic E-state index is 5.72. The molecular formula is C12H18BrN. The summed E-state index contributed by atoms with van der Waals surface area (Å²) in [6, 6.07) is 8.49. The van der Waals surface area contributed by atoms with Crippen molar-refractivity contribution in [2.75, 3.05) is 6.54 Å². The summed E-state index contributed by atoms with van der Waals surface area (Å²) in [5.74, 6) is 0.490. The van der Waals surface area contributed by atoms with Crippen molar-refractivity contribution in [3.8, 4) is 0 Å². The fraction of sp³-hybridized carbons (Fsp3) is 0.500. The highest BCUT2D eigenvalue weighted by molar-refractivity contribution is 9.10. The number of benzene rings is 1. The molecule has 0 aromatic heterocycles. The Kier molecular flexibility index (Phi) is 3.73. The molecule has 0 aliphatic heterocycles. The molecule has 0 aliphatic rings. The number of hydrogen-bond acceptors (Lipinski definition) is 1. The lowest BCUT2D eigenvalue weighted by Crippen LogP contribution is -2.32. The van der Waals surface area contributed by atoms with E-state index in [-0.39, 0.29) is 5.41 Å². The summed E-state index contributed by atoms with van der Waals surface area (Å²) < 4.78 is 1.12. The van der Waals surface area contributed by atoms with Gasteiger partial charge < -0.3 is 5.73 Å². The number of halogens is 1. The standard InChI is InChI=1S/C12H18BrN/c1-9(8-14)12(2,3)10-4-6-11(13)7-5-10/h4-7,9H,8,14H2,1-3H3. The molecule has 0 fully saturated rings. The van der Waals surface area contributed by atoms with Crippen LogP contribution < -0.4 is 5.73 Å². The van der Waals surface area contributed by atoms with Crippen molar-refractivity contribution in [1.29, 1.82) is 0 Å². The lowest BCUT2D eigenvalue weighted by atomic mass is 9.74. The first-order chi connectivity index (χ1) is 6.48. The van der Waals surface area contributed by atoms with E-state index >= 15 is 0 Å². The summed E-state index contributed by atoms with van der Waals surface area (Å²) in [6.45, 7) is 7.41. The van der Waals surface area contributed by atoms with Gasteiger partial charge in [0.25, 0.3) is 0 Å². The van der Waals surface area contributed by atoms with Gasteiger partial charge in [0, 0.05) is 4.47 Å². The zero-order chi connectivity index (χ0) is 10.8. The van der Waals surface area contributed by atoms with E-state index in [4.69, 9.17) is 5.73 Å². The van der Waals surface area contributed by atoms with Crippen molar-refractivity contribution in [2.24, 2.45) is 11.7 Å². The Hall–Kier alpha value is -0.340. The van der Waals surface area contributed by atoms with Crippen LogP contribution in [0.5, 0.6) is 0 Å². The fourth-order valence-corrected chi connectivity index (χ4v) is 1.72. The predicted octanol–water partition coefficient (Wildman–Crippen LogP) is 3.32. The highest BCUT2D eigenvalue weighted by atomic mass is 79.9. The monoisotopic (exact) mass is 255 g/mol. The highest BCUT2D eigenvalue weighted by Crippen LogP contribution is 2.31. The molecule has 78 valence electrons. The maximum absolute atomic E-state index is 5.72. The van der Waals surface area contributed by atoms with Crippen molar-refractivity contribution in [3.05, 3.63) is 34.3 Å². The molecule has 1 unspecified atom stereocenters. The van der Waals surface area contributed by atoms with Gasteiger partial charge in [-0.05, 0) is 35.6 Å². The lowest BCUT2D eigenvalue weighted by Gasteiger charge is -2.31. The Bertz CT molecular complexity index is 290. The molecule has 1 aromatic carbocycles. The van der Waals surface area contributed by atoms with Crippen LogP contribution in [0.2, 0.25) is 0 Å². The minimum Gasteiger partial charge on any atom is -0.330 e. The third-order valence-electron chi connectivity index (χ3n) is 3.17. The number of nitrogens with two attached hydrogens (primary N) is 1. The number of hydrogen-bond donors (Lipinski definition) is 1. The Labute approximate surface area is 94.8 Å². The van der Waals surface area contributed by atoms with Gasteiger partial charge in [-0.2, -0.15) is 0 Å². The van der Waals surface area contributed by atoms with Gasteiger partial charge in [0.2, 0.25) is 0 Å². The van der Waals surface area contributed by atoms with E-state index in [0.717, 1.165) is 11.0 Å². The van der Waals surface area contributed by atoms with Crippen molar-refractivity contribution >= 4 is 15.9 Å². The molecule has 0 radical (unpaired) electrons. The molecule has 2 N–H and O–H groups in total. The van der Waals surface area contributed by atoms with Crippen LogP contribution in [0.15, 0.2) is 28.7 Å². The first-order valence-corrected chi connectivity index (χ1v) is 5.74. The van der Waals surface area contributed by atoms with Crippen LogP contribution in [-0.4, -0.2) is 6.54 Å². The normalized spacial score (nSPS) is 14.1. The van der Waals surface area contributed by atoms with Gasteiger partial charge in [-0.1, -0.05) is 48.8 Å². The molecule has 1 nitrogen and oxygen atoms in total. The molecule has 0 bridgehead atoms. The zero-order valence-corrected chi connectivity index (χ0v) is 10.6. The molecule has 0 saturated heterocycles. The van der Waals surface area contributed by atoms with E-state index in [9.17, 15) is 0 Å². The van der Waals surface area contributed by atoms with Gasteiger partial charge >= 0.3 is 0 Å². The Balaban J connectivity index is 2.97. The molecule has 0 aliphatic carbocycles. The average Bonchev–Trinajstić information content (AvgIpc) is 2.17. The minimum absolute atomic E-state index is 0.148. The summed E-state index contributed by atoms with van der Waals surface area (Å²) in [7, 11) is 0. The van der Waals surface area contributed by atoms with Crippen LogP contribution in [0.25, 0.3) is 0 Å². The molecule has 2 heteroatoms. The summed E-state index contributed by atoms with van der Waals surface area (Å²) in [6.07, 6.45) is 0. The van der Waals surface area contributed by atoms with E-state index in [0.29, 0.717) is 5.92 Å². The third-order valence-corrected chi connectivity index (χ3v) is 3.70. The van der Waals surface area contributed by atoms with Crippen LogP contribution in [0.4, 0.5) is 0 Å². The van der Waals surface area contributed by atoms with Crippen molar-refractivity contribution in [3.63, 3.8) is 0 Å². The maximum Gasteiger partial charge on any atom is 0.0175 e. The number of rotatable bonds is 3. The molecule has 0 heterocycles. The first kappa shape index (κ1) is 11.7. The summed E-state index contributed by atoms with van der Waals surface area (Å²) in [5.41, 5.74) is 7.21. The smallest absolute Gasteiger partial charge is 0.0175 e. The van der Waals surface area contributed by atoms with E-state index in [1.807, 2.05) is 0 Å². The second-order valence-electron chi connectivity index (χ2n) is 4.37. The van der Waals surface area contributed by atoms with Gasteiger partial charge in [0.1, 0.15) is 0 Å². The van der Waals surface area contributed by atoms with Crippen LogP contribution >= 0.6 is 15.9 Å². The molecule has 0 spiro atoms. The lowest BCUT2D eigenvalue weighted by molar-refractivity contribution is 0.352. The largest absolute Gasteiger partial charge is 0.330 e. The van der Waals surface area contributed by atoms with E-state index in [2.05, 4.69) is 61.0 Å². The summed E-state index contributed by atoms with van der Waals surface area (Å²) >= 11 is 3.44. The first-order valence-electron chi connectivity index (χ1n) is 4.94. The SMILES string of the molecule is CC(CN)C(C)(C)c1ccc(Br)cc1. The van der Waals surface area contributed by atoms with Gasteiger partial charge in [0.05, 0.1) is 0 Å². The molecule has 14 heavy (non-hydrogen) atoms. The van der Waals surface area contributed by atoms with Crippen molar-refractivity contribution in [2.45, 2.75) is 26.2 Å². The Morgan fingerprint density at radius 3 is 2.21 bits per heavy atom. The van der Waals surface area contributed by atoms with Crippen molar-refractivity contribution in [1.82, 2.24) is 0 Å². The van der Waals surface area contributed by atoms with Crippen LogP contribution in [0.3, 0.4) is 0 Å². The van der Waals surface area contributed by atoms with E-state index < -0.39 is 0 Å². The highest BCUT2D eigenvalue weighted by Gasteiger charge is 2.26. The molecule has 1 rings (SSSR count). The zero-order valence-electron chi connectivity index (χ0n) is 9.05. The summed E-state index contributed by atoms with van der Waals surface area (Å²) in [5, 5.41) is 0. The van der Waals surface area contributed by atoms with Gasteiger partial charge in [-0.25, -0.2) is 0 Å². The van der Waals surface area contributed by atoms with Gasteiger partial charge in [-0.15, -0.1) is 0 Å². The molecule has 0 saturated carbocycles. The quantitative estimate of drug-likeness (QED) is 0.882. The minimum atomic E-state index is 0.148. The topological polar surface area (TPSA) is 26.0 Å². The van der Waals surface area contributed by atoms with E-state index in [1.165, 1.54) is 5.56 Å². The van der Waals surface area contributed by atoms with Gasteiger partial charge in [-0.3, -0.25) is 0 Å². The van der Waals surface area contributed by atoms with Crippen LogP contribution in [-0.2, 0) is 5.41 Å². The second-order valence-corrected chi connectivity index (χ2v) is 5.28. The van der Waals surface area contributed by atoms with E-state index in [1.54, 1.807) is 0 Å². The second kappa shape index (κ2) is 4.45. The Morgan fingerprint density at radius 2 is 1.79 bits per heavy atom. The van der Waals surface area contributed by atoms with Gasteiger partial charge in [0.15, 0.2) is 0 Å². The predicted molar refractivity (Wildman–Crippen MR) is 65.4 cm³/mol.